The molecule has 2 heterocycles. The molecule has 0 N–H and O–H groups in total. The smallest absolute Gasteiger partial charge is 0.265 e. The molecule has 0 unspecified atom stereocenters. The highest BCUT2D eigenvalue weighted by atomic mass is 35.5. The molecule has 0 atom stereocenters. The van der Waals surface area contributed by atoms with Crippen LogP contribution in [-0.2, 0) is 4.79 Å². The molecule has 2 amide bonds. The molecular formula is C29H17ClN2O2. The highest BCUT2D eigenvalue weighted by Gasteiger charge is 2.35. The van der Waals surface area contributed by atoms with Crippen LogP contribution in [0.1, 0.15) is 21.5 Å². The Morgan fingerprint density at radius 2 is 1.38 bits per heavy atom. The van der Waals surface area contributed by atoms with Crippen molar-refractivity contribution in [3.63, 3.8) is 0 Å². The van der Waals surface area contributed by atoms with Crippen molar-refractivity contribution in [3.8, 4) is 0 Å². The minimum Gasteiger partial charge on any atom is -0.268 e. The van der Waals surface area contributed by atoms with Crippen molar-refractivity contribution in [2.75, 3.05) is 4.90 Å². The fourth-order valence-corrected chi connectivity index (χ4v) is 4.66. The third-order valence-electron chi connectivity index (χ3n) is 6.09. The standard InChI is InChI=1S/C29H17ClN2O2/c30-27-20(16-19-15-14-18-8-4-5-11-22(18)26(19)31-27)17-25-23-12-6-7-13-24(23)28(33)32(29(25)34)21-9-2-1-3-10-21/h1-17H/b25-17-. The van der Waals surface area contributed by atoms with Gasteiger partial charge in [0.05, 0.1) is 11.2 Å². The van der Waals surface area contributed by atoms with Gasteiger partial charge in [-0.1, -0.05) is 84.4 Å². The average molecular weight is 461 g/mol. The predicted octanol–water partition coefficient (Wildman–Crippen LogP) is 6.77. The molecule has 6 rings (SSSR count). The van der Waals surface area contributed by atoms with Gasteiger partial charge in [0.1, 0.15) is 5.15 Å². The zero-order valence-electron chi connectivity index (χ0n) is 17.9. The van der Waals surface area contributed by atoms with Crippen molar-refractivity contribution in [2.45, 2.75) is 0 Å². The Balaban J connectivity index is 1.56. The predicted molar refractivity (Wildman–Crippen MR) is 137 cm³/mol. The number of halogens is 1. The van der Waals surface area contributed by atoms with Crippen molar-refractivity contribution < 1.29 is 9.59 Å². The second kappa shape index (κ2) is 7.94. The van der Waals surface area contributed by atoms with E-state index in [1.54, 1.807) is 48.5 Å². The van der Waals surface area contributed by atoms with E-state index in [1.165, 1.54) is 4.90 Å². The van der Waals surface area contributed by atoms with E-state index in [0.29, 0.717) is 33.1 Å². The van der Waals surface area contributed by atoms with Crippen LogP contribution in [0.2, 0.25) is 5.15 Å². The maximum absolute atomic E-state index is 13.6. The lowest BCUT2D eigenvalue weighted by atomic mass is 9.91. The molecular weight excluding hydrogens is 444 g/mol. The minimum absolute atomic E-state index is 0.296. The first-order valence-corrected chi connectivity index (χ1v) is 11.2. The molecule has 1 aliphatic heterocycles. The summed E-state index contributed by atoms with van der Waals surface area (Å²) in [5.74, 6) is -0.747. The summed E-state index contributed by atoms with van der Waals surface area (Å²) in [7, 11) is 0. The Morgan fingerprint density at radius 3 is 2.21 bits per heavy atom. The van der Waals surface area contributed by atoms with Crippen LogP contribution in [0.3, 0.4) is 0 Å². The molecule has 0 bridgehead atoms. The fraction of sp³-hybridized carbons (Fsp3) is 0. The van der Waals surface area contributed by atoms with Crippen LogP contribution in [-0.4, -0.2) is 16.8 Å². The van der Waals surface area contributed by atoms with Gasteiger partial charge in [0.15, 0.2) is 0 Å². The summed E-state index contributed by atoms with van der Waals surface area (Å²) in [6.07, 6.45) is 1.73. The number of hydrogen-bond acceptors (Lipinski definition) is 3. The van der Waals surface area contributed by atoms with E-state index in [1.807, 2.05) is 54.6 Å². The van der Waals surface area contributed by atoms with Crippen molar-refractivity contribution in [3.05, 3.63) is 119 Å². The van der Waals surface area contributed by atoms with Crippen molar-refractivity contribution in [1.82, 2.24) is 4.98 Å². The number of hydrogen-bond donors (Lipinski definition) is 0. The zero-order chi connectivity index (χ0) is 23.2. The maximum atomic E-state index is 13.6. The van der Waals surface area contributed by atoms with E-state index in [4.69, 9.17) is 11.6 Å². The molecule has 0 fully saturated rings. The summed E-state index contributed by atoms with van der Waals surface area (Å²) < 4.78 is 0. The first-order chi connectivity index (χ1) is 16.6. The summed E-state index contributed by atoms with van der Waals surface area (Å²) in [6, 6.07) is 30.1. The van der Waals surface area contributed by atoms with Crippen LogP contribution in [0.5, 0.6) is 0 Å². The van der Waals surface area contributed by atoms with E-state index in [9.17, 15) is 9.59 Å². The first kappa shape index (κ1) is 20.3. The van der Waals surface area contributed by atoms with Crippen LogP contribution in [0.4, 0.5) is 5.69 Å². The second-order valence-corrected chi connectivity index (χ2v) is 8.47. The SMILES string of the molecule is O=C1/C(=C\c2cc3ccc4ccccc4c3nc2Cl)c2ccccc2C(=O)N1c1ccccc1. The van der Waals surface area contributed by atoms with Gasteiger partial charge in [-0.25, -0.2) is 9.88 Å². The fourth-order valence-electron chi connectivity index (χ4n) is 4.46. The molecule has 162 valence electrons. The Morgan fingerprint density at radius 1 is 0.706 bits per heavy atom. The normalized spacial score (nSPS) is 14.7. The number of anilines is 1. The van der Waals surface area contributed by atoms with E-state index in [2.05, 4.69) is 4.98 Å². The number of fused-ring (bicyclic) bond motifs is 4. The average Bonchev–Trinajstić information content (AvgIpc) is 2.87. The van der Waals surface area contributed by atoms with Gasteiger partial charge < -0.3 is 0 Å². The van der Waals surface area contributed by atoms with Crippen molar-refractivity contribution in [2.24, 2.45) is 0 Å². The lowest BCUT2D eigenvalue weighted by Gasteiger charge is -2.28. The van der Waals surface area contributed by atoms with E-state index < -0.39 is 5.91 Å². The number of pyridine rings is 1. The van der Waals surface area contributed by atoms with Gasteiger partial charge in [-0.05, 0) is 41.3 Å². The molecule has 34 heavy (non-hydrogen) atoms. The molecule has 1 aromatic heterocycles. The van der Waals surface area contributed by atoms with Gasteiger partial charge in [-0.2, -0.15) is 0 Å². The van der Waals surface area contributed by atoms with Crippen molar-refractivity contribution in [1.29, 1.82) is 0 Å². The summed E-state index contributed by atoms with van der Waals surface area (Å²) in [5.41, 5.74) is 3.38. The Bertz CT molecular complexity index is 1660. The van der Waals surface area contributed by atoms with Gasteiger partial charge in [-0.15, -0.1) is 0 Å². The quantitative estimate of drug-likeness (QED) is 0.126. The number of carbonyl (C=O) groups excluding carboxylic acids is 2. The molecule has 5 heteroatoms. The molecule has 0 saturated heterocycles. The number of benzene rings is 4. The van der Waals surface area contributed by atoms with Gasteiger partial charge in [0.25, 0.3) is 11.8 Å². The summed E-state index contributed by atoms with van der Waals surface area (Å²) >= 11 is 6.63. The number of amides is 2. The molecule has 0 aliphatic carbocycles. The number of imide groups is 1. The van der Waals surface area contributed by atoms with Crippen molar-refractivity contribution >= 4 is 62.4 Å². The second-order valence-electron chi connectivity index (χ2n) is 8.11. The van der Waals surface area contributed by atoms with Gasteiger partial charge >= 0.3 is 0 Å². The Hall–Kier alpha value is -4.28. The van der Waals surface area contributed by atoms with E-state index in [0.717, 1.165) is 21.7 Å². The number of para-hydroxylation sites is 1. The summed E-state index contributed by atoms with van der Waals surface area (Å²) in [6.45, 7) is 0. The molecule has 4 aromatic carbocycles. The highest BCUT2D eigenvalue weighted by Crippen LogP contribution is 2.35. The largest absolute Gasteiger partial charge is 0.268 e. The first-order valence-electron chi connectivity index (χ1n) is 10.8. The molecule has 0 spiro atoms. The van der Waals surface area contributed by atoms with Crippen LogP contribution in [0.25, 0.3) is 33.3 Å². The lowest BCUT2D eigenvalue weighted by Crippen LogP contribution is -2.41. The third-order valence-corrected chi connectivity index (χ3v) is 6.39. The van der Waals surface area contributed by atoms with Gasteiger partial charge in [-0.3, -0.25) is 9.59 Å². The van der Waals surface area contributed by atoms with Gasteiger partial charge in [0, 0.05) is 27.5 Å². The lowest BCUT2D eigenvalue weighted by molar-refractivity contribution is -0.112. The minimum atomic E-state index is -0.399. The summed E-state index contributed by atoms with van der Waals surface area (Å²) in [5, 5.41) is 3.31. The Labute approximate surface area is 200 Å². The van der Waals surface area contributed by atoms with Crippen LogP contribution < -0.4 is 4.90 Å². The topological polar surface area (TPSA) is 50.3 Å². The number of nitrogens with zero attached hydrogens (tertiary/aromatic N) is 2. The van der Waals surface area contributed by atoms with Crippen LogP contribution in [0.15, 0.2) is 97.1 Å². The molecule has 0 radical (unpaired) electrons. The molecule has 4 nitrogen and oxygen atoms in total. The molecule has 1 aliphatic rings. The van der Waals surface area contributed by atoms with Crippen LogP contribution >= 0.6 is 11.6 Å². The number of aromatic nitrogens is 1. The third kappa shape index (κ3) is 3.19. The van der Waals surface area contributed by atoms with E-state index in [-0.39, 0.29) is 5.91 Å². The van der Waals surface area contributed by atoms with Crippen LogP contribution in [0, 0.1) is 0 Å². The monoisotopic (exact) mass is 460 g/mol. The number of rotatable bonds is 2. The van der Waals surface area contributed by atoms with E-state index >= 15 is 0 Å². The summed E-state index contributed by atoms with van der Waals surface area (Å²) in [4.78, 5) is 32.7. The molecule has 0 saturated carbocycles. The molecule has 5 aromatic rings. The highest BCUT2D eigenvalue weighted by molar-refractivity contribution is 6.43. The van der Waals surface area contributed by atoms with Gasteiger partial charge in [0.2, 0.25) is 0 Å². The Kier molecular flexibility index (Phi) is 4.75. The maximum Gasteiger partial charge on any atom is 0.265 e. The number of carbonyl (C=O) groups is 2. The zero-order valence-corrected chi connectivity index (χ0v) is 18.7.